The number of piperidine rings is 1. The summed E-state index contributed by atoms with van der Waals surface area (Å²) in [5.41, 5.74) is 5.98. The van der Waals surface area contributed by atoms with Gasteiger partial charge in [0.05, 0.1) is 45.4 Å². The topological polar surface area (TPSA) is 202 Å². The minimum atomic E-state index is -0.995. The van der Waals surface area contributed by atoms with Gasteiger partial charge >= 0.3 is 0 Å². The second-order valence-corrected chi connectivity index (χ2v) is 17.0. The number of imide groups is 2. The molecule has 4 aromatic heterocycles. The Bertz CT molecular complexity index is 2620. The number of carbonyl (C=O) groups excluding carboxylic acids is 5. The van der Waals surface area contributed by atoms with Crippen LogP contribution in [-0.4, -0.2) is 128 Å². The molecule has 3 fully saturated rings. The molecule has 5 aromatic rings. The highest BCUT2D eigenvalue weighted by molar-refractivity contribution is 7.14. The molecule has 2 saturated heterocycles. The lowest BCUT2D eigenvalue weighted by Crippen LogP contribution is -2.54. The van der Waals surface area contributed by atoms with Crippen LogP contribution < -0.4 is 15.5 Å². The molecule has 0 bridgehead atoms. The van der Waals surface area contributed by atoms with Gasteiger partial charge in [-0.25, -0.2) is 4.52 Å². The minimum Gasteiger partial charge on any atom is -0.387 e. The average Bonchev–Trinajstić information content (AvgIpc) is 4.02. The van der Waals surface area contributed by atoms with Crippen molar-refractivity contribution in [3.05, 3.63) is 76.6 Å². The molecule has 1 aliphatic carbocycles. The quantitative estimate of drug-likeness (QED) is 0.192. The fourth-order valence-electron chi connectivity index (χ4n) is 8.96. The molecule has 2 N–H and O–H groups in total. The molecule has 17 nitrogen and oxygen atoms in total. The highest BCUT2D eigenvalue weighted by Gasteiger charge is 2.45. The standard InChI is InChI=1S/C43H44N12O5S/c1-45-33-21-34(35-10-8-29-19-25(22-44)23-47-55(29)35)46-24-32(33)41-50-49-40(61-41)26-3-5-27(6-4-26)51(2)38(57)13-14-52-15-17-53(18-16-52)28-7-9-30-31(20-28)43(60)54(42(30)59)36-11-12-37(56)48-39(36)58/h7-10,19-21,23-24,26-27,36H,3-6,11-18H2,1-2H3,(H,45,46)(H,48,56,58). The monoisotopic (exact) mass is 840 g/mol. The molecule has 9 rings (SSSR count). The van der Waals surface area contributed by atoms with Gasteiger partial charge in [0.1, 0.15) is 17.1 Å². The number of nitrogens with one attached hydrogen (secondary N) is 2. The molecule has 5 amide bonds. The van der Waals surface area contributed by atoms with Gasteiger partial charge in [-0.3, -0.25) is 44.1 Å². The molecule has 3 aliphatic heterocycles. The highest BCUT2D eigenvalue weighted by atomic mass is 32.1. The van der Waals surface area contributed by atoms with Crippen LogP contribution in [0.1, 0.15) is 82.2 Å². The van der Waals surface area contributed by atoms with Crippen molar-refractivity contribution in [2.45, 2.75) is 62.9 Å². The molecule has 7 heterocycles. The fraction of sp³-hybridized carbons (Fsp3) is 0.395. The van der Waals surface area contributed by atoms with Crippen LogP contribution in [0.3, 0.4) is 0 Å². The Morgan fingerprint density at radius 2 is 1.72 bits per heavy atom. The molecular formula is C43H44N12O5S. The van der Waals surface area contributed by atoms with Gasteiger partial charge in [0.25, 0.3) is 11.8 Å². The lowest BCUT2D eigenvalue weighted by Gasteiger charge is -2.37. The van der Waals surface area contributed by atoms with E-state index in [4.69, 9.17) is 4.98 Å². The van der Waals surface area contributed by atoms with Crippen molar-refractivity contribution in [3.8, 4) is 28.0 Å². The Morgan fingerprint density at radius 3 is 2.48 bits per heavy atom. The van der Waals surface area contributed by atoms with Crippen LogP contribution in [0.5, 0.6) is 0 Å². The predicted molar refractivity (Wildman–Crippen MR) is 226 cm³/mol. The normalized spacial score (nSPS) is 20.8. The van der Waals surface area contributed by atoms with Crippen molar-refractivity contribution in [2.24, 2.45) is 0 Å². The van der Waals surface area contributed by atoms with Crippen molar-refractivity contribution >= 4 is 57.8 Å². The Kier molecular flexibility index (Phi) is 10.8. The Labute approximate surface area is 355 Å². The molecule has 0 radical (unpaired) electrons. The smallest absolute Gasteiger partial charge is 0.262 e. The maximum absolute atomic E-state index is 13.4. The maximum Gasteiger partial charge on any atom is 0.262 e. The first kappa shape index (κ1) is 39.9. The number of piperazine rings is 1. The molecule has 61 heavy (non-hydrogen) atoms. The van der Waals surface area contributed by atoms with Crippen molar-refractivity contribution in [3.63, 3.8) is 0 Å². The second kappa shape index (κ2) is 16.5. The summed E-state index contributed by atoms with van der Waals surface area (Å²) in [7, 11) is 3.79. The van der Waals surface area contributed by atoms with Crippen molar-refractivity contribution in [1.82, 2.24) is 44.8 Å². The molecule has 18 heteroatoms. The first-order valence-corrected chi connectivity index (χ1v) is 21.4. The van der Waals surface area contributed by atoms with Gasteiger partial charge in [-0.15, -0.1) is 10.2 Å². The first-order valence-electron chi connectivity index (χ1n) is 20.6. The van der Waals surface area contributed by atoms with E-state index in [0.717, 1.165) is 87.5 Å². The van der Waals surface area contributed by atoms with E-state index in [2.05, 4.69) is 41.8 Å². The van der Waals surface area contributed by atoms with Crippen LogP contribution >= 0.6 is 11.3 Å². The number of nitriles is 1. The molecule has 4 aliphatic rings. The highest BCUT2D eigenvalue weighted by Crippen LogP contribution is 2.40. The zero-order valence-electron chi connectivity index (χ0n) is 33.8. The Balaban J connectivity index is 0.744. The molecular weight excluding hydrogens is 797 g/mol. The number of anilines is 2. The third-order valence-electron chi connectivity index (χ3n) is 12.5. The summed E-state index contributed by atoms with van der Waals surface area (Å²) in [6.45, 7) is 3.56. The van der Waals surface area contributed by atoms with Crippen molar-refractivity contribution < 1.29 is 24.0 Å². The summed E-state index contributed by atoms with van der Waals surface area (Å²) in [5.74, 6) is -1.65. The zero-order valence-corrected chi connectivity index (χ0v) is 34.7. The third kappa shape index (κ3) is 7.59. The largest absolute Gasteiger partial charge is 0.387 e. The van der Waals surface area contributed by atoms with Crippen molar-refractivity contribution in [2.75, 3.05) is 57.0 Å². The van der Waals surface area contributed by atoms with Gasteiger partial charge in [-0.1, -0.05) is 11.3 Å². The molecule has 1 saturated carbocycles. The number of pyridine rings is 1. The van der Waals surface area contributed by atoms with Gasteiger partial charge in [0, 0.05) is 89.2 Å². The number of nitrogens with zero attached hydrogens (tertiary/aromatic N) is 10. The van der Waals surface area contributed by atoms with Gasteiger partial charge in [-0.05, 0) is 74.6 Å². The molecule has 312 valence electrons. The zero-order chi connectivity index (χ0) is 42.4. The fourth-order valence-corrected chi connectivity index (χ4v) is 10.0. The minimum absolute atomic E-state index is 0.0756. The van der Waals surface area contributed by atoms with E-state index >= 15 is 0 Å². The van der Waals surface area contributed by atoms with E-state index in [-0.39, 0.29) is 41.8 Å². The van der Waals surface area contributed by atoms with Gasteiger partial charge in [-0.2, -0.15) is 10.4 Å². The Hall–Kier alpha value is -6.58. The molecule has 1 atom stereocenters. The number of amides is 5. The van der Waals surface area contributed by atoms with Crippen LogP contribution in [0.25, 0.3) is 27.5 Å². The van der Waals surface area contributed by atoms with Crippen LogP contribution in [-0.2, 0) is 14.4 Å². The van der Waals surface area contributed by atoms with E-state index < -0.39 is 29.7 Å². The first-order chi connectivity index (χ1) is 29.6. The second-order valence-electron chi connectivity index (χ2n) is 16.0. The maximum atomic E-state index is 13.4. The van der Waals surface area contributed by atoms with Crippen LogP contribution in [0.4, 0.5) is 11.4 Å². The number of aromatic nitrogens is 5. The summed E-state index contributed by atoms with van der Waals surface area (Å²) in [5, 5.41) is 30.2. The number of hydrogen-bond acceptors (Lipinski definition) is 14. The number of rotatable bonds is 10. The predicted octanol–water partition coefficient (Wildman–Crippen LogP) is 3.93. The van der Waals surface area contributed by atoms with E-state index in [0.29, 0.717) is 31.6 Å². The third-order valence-corrected chi connectivity index (χ3v) is 13.6. The molecule has 0 spiro atoms. The van der Waals surface area contributed by atoms with Crippen LogP contribution in [0.15, 0.2) is 54.9 Å². The number of hydrogen-bond donors (Lipinski definition) is 2. The van der Waals surface area contributed by atoms with Gasteiger partial charge < -0.3 is 15.1 Å². The summed E-state index contributed by atoms with van der Waals surface area (Å²) in [4.78, 5) is 76.0. The number of benzene rings is 1. The summed E-state index contributed by atoms with van der Waals surface area (Å²) >= 11 is 1.59. The average molecular weight is 841 g/mol. The van der Waals surface area contributed by atoms with Gasteiger partial charge in [0.2, 0.25) is 17.7 Å². The molecule has 1 aromatic carbocycles. The summed E-state index contributed by atoms with van der Waals surface area (Å²) < 4.78 is 1.77. The number of carbonyl (C=O) groups is 5. The van der Waals surface area contributed by atoms with Crippen LogP contribution in [0, 0.1) is 11.3 Å². The summed E-state index contributed by atoms with van der Waals surface area (Å²) in [6.07, 6.45) is 7.63. The van der Waals surface area contributed by atoms with E-state index in [1.165, 1.54) is 0 Å². The van der Waals surface area contributed by atoms with Crippen LogP contribution in [0.2, 0.25) is 0 Å². The van der Waals surface area contributed by atoms with Crippen molar-refractivity contribution in [1.29, 1.82) is 5.26 Å². The van der Waals surface area contributed by atoms with E-state index in [9.17, 15) is 29.2 Å². The lowest BCUT2D eigenvalue weighted by atomic mass is 9.86. The lowest BCUT2D eigenvalue weighted by molar-refractivity contribution is -0.136. The number of fused-ring (bicyclic) bond motifs is 2. The van der Waals surface area contributed by atoms with E-state index in [1.807, 2.05) is 49.5 Å². The van der Waals surface area contributed by atoms with Gasteiger partial charge in [0.15, 0.2) is 5.01 Å². The summed E-state index contributed by atoms with van der Waals surface area (Å²) in [6, 6.07) is 14.1. The Morgan fingerprint density at radius 1 is 0.934 bits per heavy atom. The molecule has 1 unspecified atom stereocenters. The SMILES string of the molecule is CNc1cc(-c2ccc3cc(C#N)cnn23)ncc1-c1nnc(C2CCC(N(C)C(=O)CCN3CCN(c4ccc5c(c4)C(=O)N(C4CCC(=O)NC4=O)C5=O)CC3)CC2)s1. The van der Waals surface area contributed by atoms with E-state index in [1.54, 1.807) is 40.2 Å².